The summed E-state index contributed by atoms with van der Waals surface area (Å²) in [5.41, 5.74) is 9.21. The smallest absolute Gasteiger partial charge is 0.110 e. The molecule has 6 aromatic rings. The average molecular weight is 789 g/mol. The zero-order chi connectivity index (χ0) is 37.9. The van der Waals surface area contributed by atoms with Crippen molar-refractivity contribution < 1.29 is 0 Å². The fourth-order valence-corrected chi connectivity index (χ4v) is 10.8. The molecule has 0 aliphatic rings. The Labute approximate surface area is 344 Å². The van der Waals surface area contributed by atoms with Crippen molar-refractivity contribution in [1.29, 1.82) is 0 Å². The summed E-state index contributed by atoms with van der Waals surface area (Å²) in [6, 6.07) is 27.2. The second-order valence-corrected chi connectivity index (χ2v) is 18.5. The number of hydrogen-bond donors (Lipinski definition) is 0. The Kier molecular flexibility index (Phi) is 17.5. The van der Waals surface area contributed by atoms with E-state index in [4.69, 9.17) is 9.97 Å². The summed E-state index contributed by atoms with van der Waals surface area (Å²) in [5.74, 6) is 0. The van der Waals surface area contributed by atoms with Gasteiger partial charge in [-0.3, -0.25) is 0 Å². The van der Waals surface area contributed by atoms with Crippen molar-refractivity contribution in [1.82, 2.24) is 9.97 Å². The van der Waals surface area contributed by atoms with Crippen LogP contribution in [0, 0.1) is 0 Å². The Morgan fingerprint density at radius 3 is 1.16 bits per heavy atom. The highest BCUT2D eigenvalue weighted by Gasteiger charge is 2.23. The molecule has 6 rings (SSSR count). The predicted molar refractivity (Wildman–Crippen MR) is 246 cm³/mol. The molecule has 0 spiro atoms. The maximum atomic E-state index is 5.62. The molecule has 0 N–H and O–H groups in total. The molecule has 0 atom stereocenters. The molecule has 4 heterocycles. The molecule has 2 nitrogen and oxygen atoms in total. The van der Waals surface area contributed by atoms with E-state index >= 15 is 0 Å². The van der Waals surface area contributed by atoms with Gasteiger partial charge in [-0.1, -0.05) is 178 Å². The molecule has 292 valence electrons. The minimum atomic E-state index is 1.00. The highest BCUT2D eigenvalue weighted by molar-refractivity contribution is 7.27. The van der Waals surface area contributed by atoms with Crippen LogP contribution in [0.1, 0.15) is 153 Å². The summed E-state index contributed by atoms with van der Waals surface area (Å²) in [7, 11) is 0. The van der Waals surface area contributed by atoms with Crippen LogP contribution in [0.4, 0.5) is 0 Å². The number of unbranched alkanes of at least 4 members (excludes halogenated alkanes) is 18. The van der Waals surface area contributed by atoms with Gasteiger partial charge in [-0.2, -0.15) is 0 Å². The Bertz CT molecular complexity index is 1810. The van der Waals surface area contributed by atoms with E-state index in [9.17, 15) is 0 Å². The van der Waals surface area contributed by atoms with Crippen LogP contribution < -0.4 is 0 Å². The Hall–Kier alpha value is -3.12. The topological polar surface area (TPSA) is 25.8 Å². The van der Waals surface area contributed by atoms with Crippen LogP contribution >= 0.6 is 34.0 Å². The van der Waals surface area contributed by atoms with Crippen molar-refractivity contribution in [2.75, 3.05) is 0 Å². The molecular formula is C50H64N2S3. The van der Waals surface area contributed by atoms with Gasteiger partial charge in [0, 0.05) is 20.9 Å². The van der Waals surface area contributed by atoms with Crippen LogP contribution in [0.25, 0.3) is 53.1 Å². The van der Waals surface area contributed by atoms with E-state index < -0.39 is 0 Å². The van der Waals surface area contributed by atoms with Gasteiger partial charge in [-0.25, -0.2) is 9.97 Å². The lowest BCUT2D eigenvalue weighted by molar-refractivity contribution is 0.556. The third-order valence-corrected chi connectivity index (χ3v) is 14.3. The first-order valence-corrected chi connectivity index (χ1v) is 24.4. The Balaban J connectivity index is 1.22. The lowest BCUT2D eigenvalue weighted by atomic mass is 9.97. The highest BCUT2D eigenvalue weighted by atomic mass is 32.1. The van der Waals surface area contributed by atoms with Crippen LogP contribution in [0.5, 0.6) is 0 Å². The summed E-state index contributed by atoms with van der Waals surface area (Å²) in [6.07, 6.45) is 29.5. The van der Waals surface area contributed by atoms with Gasteiger partial charge < -0.3 is 0 Å². The van der Waals surface area contributed by atoms with Crippen LogP contribution in [-0.2, 0) is 12.8 Å². The number of benzene rings is 2. The Morgan fingerprint density at radius 1 is 0.418 bits per heavy atom. The quantitative estimate of drug-likeness (QED) is 0.0512. The van der Waals surface area contributed by atoms with Crippen LogP contribution in [-0.4, -0.2) is 9.97 Å². The van der Waals surface area contributed by atoms with E-state index in [1.54, 1.807) is 22.7 Å². The molecule has 0 amide bonds. The zero-order valence-corrected chi connectivity index (χ0v) is 36.2. The third-order valence-electron chi connectivity index (χ3n) is 11.1. The molecule has 4 aromatic heterocycles. The van der Waals surface area contributed by atoms with Gasteiger partial charge in [0.25, 0.3) is 0 Å². The molecule has 2 aromatic carbocycles. The van der Waals surface area contributed by atoms with Gasteiger partial charge in [0.15, 0.2) is 0 Å². The van der Waals surface area contributed by atoms with Crippen molar-refractivity contribution >= 4 is 45.0 Å². The van der Waals surface area contributed by atoms with Gasteiger partial charge in [-0.05, 0) is 71.8 Å². The number of aryl methyl sites for hydroxylation is 2. The summed E-state index contributed by atoms with van der Waals surface area (Å²) in [4.78, 5) is 16.2. The second-order valence-electron chi connectivity index (χ2n) is 15.6. The number of fused-ring (bicyclic) bond motifs is 1. The average Bonchev–Trinajstić information content (AvgIpc) is 4.02. The molecule has 0 aliphatic heterocycles. The van der Waals surface area contributed by atoms with Crippen molar-refractivity contribution in [3.63, 3.8) is 0 Å². The molecule has 0 radical (unpaired) electrons. The zero-order valence-electron chi connectivity index (χ0n) is 33.8. The second kappa shape index (κ2) is 23.2. The standard InChI is InChI=1S/C50H64N2S3/c1-3-5-7-9-11-13-15-17-19-21-27-39-29-23-31-41(37-39)45-46(42-32-24-30-40(38-42)28-22-20-18-16-14-12-10-8-6-4-2)52-48-47(51-45)49(43-33-25-35-53-43)55-50(48)44-34-26-36-54-44/h23-26,29-38H,3-22,27-28H2,1-2H3. The molecule has 55 heavy (non-hydrogen) atoms. The Morgan fingerprint density at radius 2 is 0.800 bits per heavy atom. The fourth-order valence-electron chi connectivity index (χ4n) is 7.88. The summed E-state index contributed by atoms with van der Waals surface area (Å²) in [6.45, 7) is 4.60. The molecule has 0 aliphatic carbocycles. The summed E-state index contributed by atoms with van der Waals surface area (Å²) < 4.78 is 0. The van der Waals surface area contributed by atoms with Crippen molar-refractivity contribution in [3.05, 3.63) is 94.7 Å². The maximum absolute atomic E-state index is 5.62. The van der Waals surface area contributed by atoms with Crippen LogP contribution in [0.2, 0.25) is 0 Å². The van der Waals surface area contributed by atoms with Gasteiger partial charge in [0.1, 0.15) is 11.0 Å². The van der Waals surface area contributed by atoms with Gasteiger partial charge in [0.2, 0.25) is 0 Å². The number of nitrogens with zero attached hydrogens (tertiary/aromatic N) is 2. The fraction of sp³-hybridized carbons (Fsp3) is 0.480. The third kappa shape index (κ3) is 12.4. The number of rotatable bonds is 26. The first kappa shape index (κ1) is 41.5. The number of aromatic nitrogens is 2. The molecule has 0 saturated carbocycles. The molecule has 0 fully saturated rings. The largest absolute Gasteiger partial charge is 0.242 e. The van der Waals surface area contributed by atoms with Crippen LogP contribution in [0.3, 0.4) is 0 Å². The molecule has 0 unspecified atom stereocenters. The van der Waals surface area contributed by atoms with Crippen molar-refractivity contribution in [2.45, 2.75) is 155 Å². The van der Waals surface area contributed by atoms with E-state index in [1.165, 1.54) is 170 Å². The van der Waals surface area contributed by atoms with Gasteiger partial charge in [0.05, 0.1) is 21.1 Å². The lowest BCUT2D eigenvalue weighted by Gasteiger charge is -2.13. The van der Waals surface area contributed by atoms with E-state index in [0.717, 1.165) is 35.3 Å². The normalized spacial score (nSPS) is 11.6. The predicted octanol–water partition coefficient (Wildman–Crippen LogP) is 17.4. The number of thiophene rings is 3. The van der Waals surface area contributed by atoms with Crippen molar-refractivity contribution in [2.24, 2.45) is 0 Å². The number of hydrogen-bond acceptors (Lipinski definition) is 5. The first-order chi connectivity index (χ1) is 27.2. The van der Waals surface area contributed by atoms with Crippen LogP contribution in [0.15, 0.2) is 83.6 Å². The maximum Gasteiger partial charge on any atom is 0.110 e. The SMILES string of the molecule is CCCCCCCCCCCCc1cccc(-c2nc3c(-c4cccs4)sc(-c4cccs4)c3nc2-c2cccc(CCCCCCCCCCCC)c2)c1. The summed E-state index contributed by atoms with van der Waals surface area (Å²) >= 11 is 5.43. The minimum absolute atomic E-state index is 1.00. The summed E-state index contributed by atoms with van der Waals surface area (Å²) in [5, 5.41) is 4.34. The highest BCUT2D eigenvalue weighted by Crippen LogP contribution is 2.47. The van der Waals surface area contributed by atoms with E-state index in [2.05, 4.69) is 97.4 Å². The van der Waals surface area contributed by atoms with E-state index in [-0.39, 0.29) is 0 Å². The van der Waals surface area contributed by atoms with Crippen molar-refractivity contribution in [3.8, 4) is 42.0 Å². The van der Waals surface area contributed by atoms with Gasteiger partial charge >= 0.3 is 0 Å². The lowest BCUT2D eigenvalue weighted by Crippen LogP contribution is -1.97. The molecule has 5 heteroatoms. The van der Waals surface area contributed by atoms with E-state index in [0.29, 0.717) is 0 Å². The molecule has 0 bridgehead atoms. The first-order valence-electron chi connectivity index (χ1n) is 21.9. The minimum Gasteiger partial charge on any atom is -0.242 e. The van der Waals surface area contributed by atoms with E-state index in [1.807, 2.05) is 11.3 Å². The molecular weight excluding hydrogens is 725 g/mol. The monoisotopic (exact) mass is 788 g/mol. The molecule has 0 saturated heterocycles. The van der Waals surface area contributed by atoms with Gasteiger partial charge in [-0.15, -0.1) is 34.0 Å².